The molecule has 1 aromatic heterocycles. The average molecular weight is 308 g/mol. The second-order valence-corrected chi connectivity index (χ2v) is 6.35. The first-order chi connectivity index (χ1) is 10.4. The summed E-state index contributed by atoms with van der Waals surface area (Å²) in [5.41, 5.74) is 1.32. The van der Waals surface area contributed by atoms with E-state index in [1.54, 1.807) is 11.3 Å². The van der Waals surface area contributed by atoms with Gasteiger partial charge < -0.3 is 15.0 Å². The van der Waals surface area contributed by atoms with E-state index in [1.807, 2.05) is 7.05 Å². The van der Waals surface area contributed by atoms with E-state index in [2.05, 4.69) is 36.9 Å². The summed E-state index contributed by atoms with van der Waals surface area (Å²) in [7, 11) is 1.87. The van der Waals surface area contributed by atoms with Crippen LogP contribution >= 0.6 is 11.3 Å². The van der Waals surface area contributed by atoms with E-state index in [0.29, 0.717) is 6.04 Å². The van der Waals surface area contributed by atoms with Crippen molar-refractivity contribution in [3.05, 3.63) is 22.4 Å². The van der Waals surface area contributed by atoms with Gasteiger partial charge in [0.15, 0.2) is 5.96 Å². The molecular weight excluding hydrogens is 284 g/mol. The summed E-state index contributed by atoms with van der Waals surface area (Å²) in [5, 5.41) is 7.77. The lowest BCUT2D eigenvalue weighted by atomic mass is 10.2. The van der Waals surface area contributed by atoms with Crippen LogP contribution in [0.5, 0.6) is 0 Å². The Hall–Kier alpha value is -1.11. The molecule has 1 N–H and O–H groups in total. The molecule has 0 aliphatic carbocycles. The van der Waals surface area contributed by atoms with Crippen LogP contribution in [0.1, 0.15) is 12.0 Å². The highest BCUT2D eigenvalue weighted by atomic mass is 32.1. The summed E-state index contributed by atoms with van der Waals surface area (Å²) in [6.07, 6.45) is 1.22. The summed E-state index contributed by atoms with van der Waals surface area (Å²) < 4.78 is 5.44. The number of guanidine groups is 1. The third kappa shape index (κ3) is 3.75. The van der Waals surface area contributed by atoms with Crippen molar-refractivity contribution in [1.82, 2.24) is 15.1 Å². The molecule has 1 unspecified atom stereocenters. The Kier molecular flexibility index (Phi) is 5.11. The molecule has 116 valence electrons. The molecule has 6 heteroatoms. The number of ether oxygens (including phenoxy) is 1. The molecule has 21 heavy (non-hydrogen) atoms. The van der Waals surface area contributed by atoms with Gasteiger partial charge in [-0.15, -0.1) is 0 Å². The van der Waals surface area contributed by atoms with Gasteiger partial charge in [-0.05, 0) is 28.8 Å². The maximum absolute atomic E-state index is 5.44. The highest BCUT2D eigenvalue weighted by Gasteiger charge is 2.30. The number of hydrogen-bond acceptors (Lipinski definition) is 4. The third-order valence-corrected chi connectivity index (χ3v) is 5.00. The van der Waals surface area contributed by atoms with E-state index < -0.39 is 0 Å². The van der Waals surface area contributed by atoms with E-state index in [4.69, 9.17) is 4.74 Å². The molecule has 1 atom stereocenters. The summed E-state index contributed by atoms with van der Waals surface area (Å²) in [6.45, 7) is 6.91. The smallest absolute Gasteiger partial charge is 0.193 e. The molecule has 2 fully saturated rings. The van der Waals surface area contributed by atoms with Gasteiger partial charge in [0, 0.05) is 45.8 Å². The zero-order valence-corrected chi connectivity index (χ0v) is 13.4. The predicted molar refractivity (Wildman–Crippen MR) is 86.9 cm³/mol. The van der Waals surface area contributed by atoms with Gasteiger partial charge in [-0.3, -0.25) is 9.89 Å². The average Bonchev–Trinajstić information content (AvgIpc) is 3.20. The van der Waals surface area contributed by atoms with Crippen molar-refractivity contribution >= 4 is 17.3 Å². The van der Waals surface area contributed by atoms with Crippen molar-refractivity contribution in [3.63, 3.8) is 0 Å². The number of morpholine rings is 1. The Morgan fingerprint density at radius 2 is 2.29 bits per heavy atom. The highest BCUT2D eigenvalue weighted by molar-refractivity contribution is 7.07. The van der Waals surface area contributed by atoms with Gasteiger partial charge in [0.05, 0.1) is 13.2 Å². The standard InChI is InChI=1S/C15H24N4OS/c1-16-15(17-10-13-3-9-21-12-13)19-4-2-14(11-19)18-5-7-20-8-6-18/h3,9,12,14H,2,4-8,10-11H2,1H3,(H,16,17). The van der Waals surface area contributed by atoms with Crippen molar-refractivity contribution in [2.45, 2.75) is 19.0 Å². The van der Waals surface area contributed by atoms with Crippen molar-refractivity contribution in [3.8, 4) is 0 Å². The van der Waals surface area contributed by atoms with Crippen LogP contribution in [0, 0.1) is 0 Å². The van der Waals surface area contributed by atoms with Gasteiger partial charge in [-0.1, -0.05) is 0 Å². The normalized spacial score (nSPS) is 24.5. The first-order valence-electron chi connectivity index (χ1n) is 7.65. The molecule has 2 aliphatic rings. The summed E-state index contributed by atoms with van der Waals surface area (Å²) in [6, 6.07) is 2.81. The first kappa shape index (κ1) is 14.8. The van der Waals surface area contributed by atoms with Crippen LogP contribution in [0.3, 0.4) is 0 Å². The summed E-state index contributed by atoms with van der Waals surface area (Å²) in [4.78, 5) is 9.39. The second-order valence-electron chi connectivity index (χ2n) is 5.57. The lowest BCUT2D eigenvalue weighted by molar-refractivity contribution is 0.0195. The fraction of sp³-hybridized carbons (Fsp3) is 0.667. The molecule has 0 amide bonds. The molecular formula is C15H24N4OS. The lowest BCUT2D eigenvalue weighted by Crippen LogP contribution is -2.46. The van der Waals surface area contributed by atoms with Crippen molar-refractivity contribution in [2.75, 3.05) is 46.4 Å². The Morgan fingerprint density at radius 3 is 3.00 bits per heavy atom. The largest absolute Gasteiger partial charge is 0.379 e. The number of nitrogens with zero attached hydrogens (tertiary/aromatic N) is 3. The Balaban J connectivity index is 1.51. The molecule has 0 aromatic carbocycles. The maximum atomic E-state index is 5.44. The van der Waals surface area contributed by atoms with Crippen molar-refractivity contribution in [1.29, 1.82) is 0 Å². The van der Waals surface area contributed by atoms with Crippen molar-refractivity contribution in [2.24, 2.45) is 4.99 Å². The first-order valence-corrected chi connectivity index (χ1v) is 8.59. The molecule has 2 aliphatic heterocycles. The Morgan fingerprint density at radius 1 is 1.43 bits per heavy atom. The van der Waals surface area contributed by atoms with E-state index in [9.17, 15) is 0 Å². The topological polar surface area (TPSA) is 40.1 Å². The number of aliphatic imine (C=N–C) groups is 1. The maximum Gasteiger partial charge on any atom is 0.193 e. The van der Waals surface area contributed by atoms with Crippen LogP contribution in [0.25, 0.3) is 0 Å². The van der Waals surface area contributed by atoms with E-state index in [-0.39, 0.29) is 0 Å². The van der Waals surface area contributed by atoms with Crippen LogP contribution in [0.2, 0.25) is 0 Å². The van der Waals surface area contributed by atoms with Crippen LogP contribution in [-0.4, -0.2) is 68.2 Å². The number of likely N-dealkylation sites (tertiary alicyclic amines) is 1. The molecule has 0 bridgehead atoms. The van der Waals surface area contributed by atoms with Crippen LogP contribution in [-0.2, 0) is 11.3 Å². The van der Waals surface area contributed by atoms with Gasteiger partial charge in [0.1, 0.15) is 0 Å². The zero-order chi connectivity index (χ0) is 14.5. The molecule has 3 heterocycles. The van der Waals surface area contributed by atoms with Gasteiger partial charge in [0.25, 0.3) is 0 Å². The highest BCUT2D eigenvalue weighted by Crippen LogP contribution is 2.17. The molecule has 0 radical (unpaired) electrons. The monoisotopic (exact) mass is 308 g/mol. The molecule has 5 nitrogen and oxygen atoms in total. The van der Waals surface area contributed by atoms with Gasteiger partial charge >= 0.3 is 0 Å². The fourth-order valence-corrected chi connectivity index (χ4v) is 3.75. The zero-order valence-electron chi connectivity index (χ0n) is 12.6. The lowest BCUT2D eigenvalue weighted by Gasteiger charge is -2.32. The minimum atomic E-state index is 0.647. The quantitative estimate of drug-likeness (QED) is 0.673. The summed E-state index contributed by atoms with van der Waals surface area (Å²) in [5.74, 6) is 1.02. The minimum absolute atomic E-state index is 0.647. The van der Waals surface area contributed by atoms with Gasteiger partial charge in [-0.25, -0.2) is 0 Å². The van der Waals surface area contributed by atoms with E-state index in [1.165, 1.54) is 12.0 Å². The number of rotatable bonds is 3. The SMILES string of the molecule is CN=C(NCc1ccsc1)N1CCC(N2CCOCC2)C1. The van der Waals surface area contributed by atoms with Crippen LogP contribution < -0.4 is 5.32 Å². The van der Waals surface area contributed by atoms with Gasteiger partial charge in [-0.2, -0.15) is 11.3 Å². The number of thiophene rings is 1. The Bertz CT molecular complexity index is 456. The van der Waals surface area contributed by atoms with Crippen LogP contribution in [0.15, 0.2) is 21.8 Å². The van der Waals surface area contributed by atoms with Gasteiger partial charge in [0.2, 0.25) is 0 Å². The number of hydrogen-bond donors (Lipinski definition) is 1. The predicted octanol–water partition coefficient (Wildman–Crippen LogP) is 1.23. The second kappa shape index (κ2) is 7.24. The molecule has 0 spiro atoms. The molecule has 2 saturated heterocycles. The minimum Gasteiger partial charge on any atom is -0.379 e. The number of nitrogens with one attached hydrogen (secondary N) is 1. The van der Waals surface area contributed by atoms with Crippen molar-refractivity contribution < 1.29 is 4.74 Å². The van der Waals surface area contributed by atoms with E-state index >= 15 is 0 Å². The summed E-state index contributed by atoms with van der Waals surface area (Å²) >= 11 is 1.74. The van der Waals surface area contributed by atoms with E-state index in [0.717, 1.165) is 51.9 Å². The molecule has 3 rings (SSSR count). The third-order valence-electron chi connectivity index (χ3n) is 4.27. The fourth-order valence-electron chi connectivity index (χ4n) is 3.08. The molecule has 1 aromatic rings. The Labute approximate surface area is 130 Å². The van der Waals surface area contributed by atoms with Crippen LogP contribution in [0.4, 0.5) is 0 Å². The molecule has 0 saturated carbocycles.